The van der Waals surface area contributed by atoms with Crippen molar-refractivity contribution in [1.82, 2.24) is 19.4 Å². The van der Waals surface area contributed by atoms with Gasteiger partial charge in [0, 0.05) is 32.5 Å². The molecule has 3 aliphatic rings. The molecule has 0 atom stereocenters. The van der Waals surface area contributed by atoms with Gasteiger partial charge in [-0.25, -0.2) is 4.98 Å². The van der Waals surface area contributed by atoms with Crippen LogP contribution in [-0.2, 0) is 18.4 Å². The molecule has 1 saturated carbocycles. The van der Waals surface area contributed by atoms with Gasteiger partial charge in [0.15, 0.2) is 0 Å². The van der Waals surface area contributed by atoms with Crippen LogP contribution in [0, 0.1) is 11.3 Å². The van der Waals surface area contributed by atoms with Crippen LogP contribution in [0.5, 0.6) is 0 Å². The summed E-state index contributed by atoms with van der Waals surface area (Å²) in [5.74, 6) is 2.38. The van der Waals surface area contributed by atoms with Crippen LogP contribution in [0.4, 0.5) is 0 Å². The van der Waals surface area contributed by atoms with Crippen molar-refractivity contribution in [2.45, 2.75) is 38.6 Å². The Morgan fingerprint density at radius 2 is 1.95 bits per heavy atom. The molecule has 5 nitrogen and oxygen atoms in total. The lowest BCUT2D eigenvalue weighted by Crippen LogP contribution is -2.44. The van der Waals surface area contributed by atoms with E-state index in [2.05, 4.69) is 19.4 Å². The largest absolute Gasteiger partial charge is 0.342 e. The molecule has 0 aromatic carbocycles. The van der Waals surface area contributed by atoms with E-state index in [0.29, 0.717) is 5.91 Å². The number of carbonyl (C=O) groups is 1. The Hall–Kier alpha value is -1.36. The molecule has 5 heteroatoms. The van der Waals surface area contributed by atoms with Crippen molar-refractivity contribution in [2.24, 2.45) is 18.4 Å². The van der Waals surface area contributed by atoms with Gasteiger partial charge in [-0.3, -0.25) is 9.69 Å². The van der Waals surface area contributed by atoms with Gasteiger partial charge >= 0.3 is 0 Å². The van der Waals surface area contributed by atoms with E-state index in [1.165, 1.54) is 12.8 Å². The van der Waals surface area contributed by atoms with Crippen molar-refractivity contribution in [2.75, 3.05) is 26.2 Å². The monoisotopic (exact) mass is 302 g/mol. The average molecular weight is 302 g/mol. The first-order valence-corrected chi connectivity index (χ1v) is 8.64. The molecule has 0 radical (unpaired) electrons. The molecule has 1 aromatic rings. The summed E-state index contributed by atoms with van der Waals surface area (Å²) in [4.78, 5) is 21.8. The molecular weight excluding hydrogens is 276 g/mol. The number of likely N-dealkylation sites (tertiary alicyclic amines) is 2. The van der Waals surface area contributed by atoms with E-state index in [0.717, 1.165) is 63.7 Å². The number of rotatable bonds is 4. The van der Waals surface area contributed by atoms with Crippen LogP contribution in [-0.4, -0.2) is 51.4 Å². The van der Waals surface area contributed by atoms with Crippen molar-refractivity contribution in [1.29, 1.82) is 0 Å². The molecule has 120 valence electrons. The Kier molecular flexibility index (Phi) is 3.48. The molecule has 3 heterocycles. The number of amides is 1. The number of aromatic nitrogens is 2. The Morgan fingerprint density at radius 3 is 2.59 bits per heavy atom. The molecule has 0 bridgehead atoms. The molecule has 22 heavy (non-hydrogen) atoms. The third-order valence-electron chi connectivity index (χ3n) is 5.88. The summed E-state index contributed by atoms with van der Waals surface area (Å²) in [6.45, 7) is 4.97. The third-order valence-corrected chi connectivity index (χ3v) is 5.88. The molecule has 1 aliphatic carbocycles. The topological polar surface area (TPSA) is 41.4 Å². The highest BCUT2D eigenvalue weighted by Crippen LogP contribution is 2.43. The number of hydrogen-bond donors (Lipinski definition) is 0. The quantitative estimate of drug-likeness (QED) is 0.849. The highest BCUT2D eigenvalue weighted by Gasteiger charge is 2.48. The van der Waals surface area contributed by atoms with Crippen molar-refractivity contribution in [3.8, 4) is 0 Å². The van der Waals surface area contributed by atoms with Crippen LogP contribution in [0.15, 0.2) is 12.4 Å². The first-order chi connectivity index (χ1) is 10.7. The van der Waals surface area contributed by atoms with Gasteiger partial charge in [-0.05, 0) is 51.1 Å². The Morgan fingerprint density at radius 1 is 1.23 bits per heavy atom. The Labute approximate surface area is 132 Å². The lowest BCUT2D eigenvalue weighted by molar-refractivity contribution is -0.138. The number of imidazole rings is 1. The zero-order valence-corrected chi connectivity index (χ0v) is 13.5. The lowest BCUT2D eigenvalue weighted by Gasteiger charge is -2.37. The second-order valence-corrected chi connectivity index (χ2v) is 7.46. The van der Waals surface area contributed by atoms with Crippen molar-refractivity contribution in [3.63, 3.8) is 0 Å². The van der Waals surface area contributed by atoms with E-state index < -0.39 is 0 Å². The predicted molar refractivity (Wildman–Crippen MR) is 84.1 cm³/mol. The van der Waals surface area contributed by atoms with Gasteiger partial charge in [0.2, 0.25) is 5.91 Å². The molecule has 1 spiro atoms. The van der Waals surface area contributed by atoms with Crippen LogP contribution in [0.25, 0.3) is 0 Å². The molecule has 1 amide bonds. The first kappa shape index (κ1) is 14.2. The molecule has 2 saturated heterocycles. The summed E-state index contributed by atoms with van der Waals surface area (Å²) >= 11 is 0. The van der Waals surface area contributed by atoms with Gasteiger partial charge in [0.05, 0.1) is 12.0 Å². The van der Waals surface area contributed by atoms with Gasteiger partial charge in [-0.2, -0.15) is 0 Å². The van der Waals surface area contributed by atoms with E-state index in [1.54, 1.807) is 0 Å². The van der Waals surface area contributed by atoms with Crippen LogP contribution in [0.3, 0.4) is 0 Å². The van der Waals surface area contributed by atoms with Crippen molar-refractivity contribution < 1.29 is 4.79 Å². The number of piperidine rings is 1. The maximum atomic E-state index is 12.8. The van der Waals surface area contributed by atoms with Crippen molar-refractivity contribution >= 4 is 5.91 Å². The first-order valence-electron chi connectivity index (χ1n) is 8.64. The number of hydrogen-bond acceptors (Lipinski definition) is 3. The molecule has 4 rings (SSSR count). The van der Waals surface area contributed by atoms with Gasteiger partial charge in [-0.1, -0.05) is 0 Å². The van der Waals surface area contributed by atoms with Crippen LogP contribution >= 0.6 is 0 Å². The van der Waals surface area contributed by atoms with Gasteiger partial charge in [0.25, 0.3) is 0 Å². The summed E-state index contributed by atoms with van der Waals surface area (Å²) in [7, 11) is 2.05. The highest BCUT2D eigenvalue weighted by atomic mass is 16.2. The standard InChI is InChI=1S/C17H26N4O/c1-19-11-7-18-15(19)13-20-8-4-17(5-9-20)6-10-21(16(17)22)12-14-2-3-14/h7,11,14H,2-6,8-10,12-13H2,1H3. The SMILES string of the molecule is Cn1ccnc1CN1CCC2(CC1)CCN(CC1CC1)C2=O. The third kappa shape index (κ3) is 2.56. The van der Waals surface area contributed by atoms with Gasteiger partial charge in [0.1, 0.15) is 5.82 Å². The Bertz CT molecular complexity index is 555. The molecular formula is C17H26N4O. The van der Waals surface area contributed by atoms with E-state index in [-0.39, 0.29) is 5.41 Å². The Balaban J connectivity index is 1.35. The minimum Gasteiger partial charge on any atom is -0.342 e. The van der Waals surface area contributed by atoms with E-state index in [1.807, 2.05) is 19.4 Å². The van der Waals surface area contributed by atoms with Crippen LogP contribution in [0.2, 0.25) is 0 Å². The summed E-state index contributed by atoms with van der Waals surface area (Å²) in [6, 6.07) is 0. The number of nitrogens with zero attached hydrogens (tertiary/aromatic N) is 4. The molecule has 0 unspecified atom stereocenters. The fourth-order valence-corrected chi connectivity index (χ4v) is 4.03. The minimum atomic E-state index is -0.0347. The summed E-state index contributed by atoms with van der Waals surface area (Å²) < 4.78 is 2.09. The highest BCUT2D eigenvalue weighted by molar-refractivity contribution is 5.85. The van der Waals surface area contributed by atoms with Gasteiger partial charge < -0.3 is 9.47 Å². The maximum Gasteiger partial charge on any atom is 0.228 e. The maximum absolute atomic E-state index is 12.8. The van der Waals surface area contributed by atoms with Crippen molar-refractivity contribution in [3.05, 3.63) is 18.2 Å². The fourth-order valence-electron chi connectivity index (χ4n) is 4.03. The van der Waals surface area contributed by atoms with Gasteiger partial charge in [-0.15, -0.1) is 0 Å². The smallest absolute Gasteiger partial charge is 0.228 e. The number of carbonyl (C=O) groups excluding carboxylic acids is 1. The van der Waals surface area contributed by atoms with E-state index in [4.69, 9.17) is 0 Å². The lowest BCUT2D eigenvalue weighted by atomic mass is 9.77. The second-order valence-electron chi connectivity index (χ2n) is 7.46. The minimum absolute atomic E-state index is 0.0347. The molecule has 3 fully saturated rings. The normalized spacial score (nSPS) is 25.3. The van der Waals surface area contributed by atoms with Crippen LogP contribution in [0.1, 0.15) is 37.9 Å². The average Bonchev–Trinajstić information content (AvgIpc) is 3.19. The zero-order valence-electron chi connectivity index (χ0n) is 13.5. The summed E-state index contributed by atoms with van der Waals surface area (Å²) in [5, 5.41) is 0. The molecule has 2 aliphatic heterocycles. The predicted octanol–water partition coefficient (Wildman–Crippen LogP) is 1.64. The molecule has 1 aromatic heterocycles. The summed E-state index contributed by atoms with van der Waals surface area (Å²) in [6.07, 6.45) is 9.64. The number of aryl methyl sites for hydroxylation is 1. The molecule has 0 N–H and O–H groups in total. The second kappa shape index (κ2) is 5.37. The fraction of sp³-hybridized carbons (Fsp3) is 0.765. The van der Waals surface area contributed by atoms with Crippen LogP contribution < -0.4 is 0 Å². The van der Waals surface area contributed by atoms with E-state index in [9.17, 15) is 4.79 Å². The zero-order chi connectivity index (χ0) is 15.2. The van der Waals surface area contributed by atoms with E-state index >= 15 is 0 Å². The summed E-state index contributed by atoms with van der Waals surface area (Å²) in [5.41, 5.74) is -0.0347.